The standard InChI is InChI=1S/C18H14N4OS3/c23-16(9-14-11-26-17(21-14)12-4-7-25-10-12)20-13-2-1-3-15(8-13)22-6-5-19-18(22)24/h1-8,10-11H,9H2,(H,19,24)(H,20,23). The van der Waals surface area contributed by atoms with Crippen molar-refractivity contribution in [3.63, 3.8) is 0 Å². The molecule has 0 atom stereocenters. The van der Waals surface area contributed by atoms with E-state index in [9.17, 15) is 4.79 Å². The fourth-order valence-corrected chi connectivity index (χ4v) is 4.30. The van der Waals surface area contributed by atoms with E-state index in [0.29, 0.717) is 4.77 Å². The van der Waals surface area contributed by atoms with Crippen molar-refractivity contribution in [3.05, 3.63) is 69.3 Å². The minimum atomic E-state index is -0.0954. The molecular formula is C18H14N4OS3. The van der Waals surface area contributed by atoms with Crippen LogP contribution in [-0.2, 0) is 11.2 Å². The fraction of sp³-hybridized carbons (Fsp3) is 0.0556. The summed E-state index contributed by atoms with van der Waals surface area (Å²) in [5.74, 6) is -0.0954. The van der Waals surface area contributed by atoms with Crippen LogP contribution in [0.1, 0.15) is 5.69 Å². The average molecular weight is 399 g/mol. The van der Waals surface area contributed by atoms with Gasteiger partial charge in [0.1, 0.15) is 5.01 Å². The van der Waals surface area contributed by atoms with E-state index in [4.69, 9.17) is 12.2 Å². The van der Waals surface area contributed by atoms with E-state index in [1.165, 1.54) is 0 Å². The van der Waals surface area contributed by atoms with Gasteiger partial charge in [0.15, 0.2) is 4.77 Å². The van der Waals surface area contributed by atoms with E-state index < -0.39 is 0 Å². The number of nitrogens with one attached hydrogen (secondary N) is 2. The fourth-order valence-electron chi connectivity index (χ4n) is 2.53. The number of thiazole rings is 1. The van der Waals surface area contributed by atoms with Crippen LogP contribution in [0.3, 0.4) is 0 Å². The van der Waals surface area contributed by atoms with Crippen LogP contribution in [0, 0.1) is 4.77 Å². The summed E-state index contributed by atoms with van der Waals surface area (Å²) in [6, 6.07) is 9.60. The molecule has 26 heavy (non-hydrogen) atoms. The maximum atomic E-state index is 12.4. The third kappa shape index (κ3) is 3.67. The van der Waals surface area contributed by atoms with Gasteiger partial charge >= 0.3 is 0 Å². The topological polar surface area (TPSA) is 62.7 Å². The zero-order valence-electron chi connectivity index (χ0n) is 13.5. The SMILES string of the molecule is O=C(Cc1csc(-c2ccsc2)n1)Nc1cccc(-n2cc[nH]c2=S)c1. The number of rotatable bonds is 5. The lowest BCUT2D eigenvalue weighted by atomic mass is 10.2. The van der Waals surface area contributed by atoms with E-state index in [-0.39, 0.29) is 12.3 Å². The molecule has 0 aliphatic rings. The molecule has 8 heteroatoms. The third-order valence-corrected chi connectivity index (χ3v) is 5.66. The summed E-state index contributed by atoms with van der Waals surface area (Å²) in [6.07, 6.45) is 3.87. The summed E-state index contributed by atoms with van der Waals surface area (Å²) >= 11 is 8.43. The number of anilines is 1. The highest BCUT2D eigenvalue weighted by atomic mass is 32.1. The van der Waals surface area contributed by atoms with Gasteiger partial charge in [-0.2, -0.15) is 11.3 Å². The van der Waals surface area contributed by atoms with E-state index in [0.717, 1.165) is 27.6 Å². The Morgan fingerprint density at radius 2 is 2.23 bits per heavy atom. The first-order valence-electron chi connectivity index (χ1n) is 7.82. The second-order valence-corrected chi connectivity index (χ2v) is 7.59. The number of aromatic amines is 1. The molecule has 0 aliphatic carbocycles. The Labute approximate surface area is 163 Å². The van der Waals surface area contributed by atoms with Gasteiger partial charge in [-0.05, 0) is 41.9 Å². The maximum absolute atomic E-state index is 12.4. The van der Waals surface area contributed by atoms with Crippen molar-refractivity contribution in [2.75, 3.05) is 5.32 Å². The smallest absolute Gasteiger partial charge is 0.230 e. The minimum Gasteiger partial charge on any atom is -0.337 e. The second-order valence-electron chi connectivity index (χ2n) is 5.57. The molecule has 0 spiro atoms. The Hall–Kier alpha value is -2.55. The summed E-state index contributed by atoms with van der Waals surface area (Å²) in [4.78, 5) is 19.9. The van der Waals surface area contributed by atoms with Crippen molar-refractivity contribution >= 4 is 46.5 Å². The van der Waals surface area contributed by atoms with Crippen LogP contribution < -0.4 is 5.32 Å². The summed E-state index contributed by atoms with van der Waals surface area (Å²) in [6.45, 7) is 0. The van der Waals surface area contributed by atoms with Crippen LogP contribution in [0.25, 0.3) is 16.3 Å². The number of thiophene rings is 1. The quantitative estimate of drug-likeness (QED) is 0.470. The van der Waals surface area contributed by atoms with Gasteiger partial charge in [0.2, 0.25) is 5.91 Å². The molecule has 0 unspecified atom stereocenters. The highest BCUT2D eigenvalue weighted by Gasteiger charge is 2.10. The Balaban J connectivity index is 1.45. The highest BCUT2D eigenvalue weighted by Crippen LogP contribution is 2.26. The highest BCUT2D eigenvalue weighted by molar-refractivity contribution is 7.71. The zero-order chi connectivity index (χ0) is 17.9. The van der Waals surface area contributed by atoms with Crippen molar-refractivity contribution in [3.8, 4) is 16.3 Å². The Morgan fingerprint density at radius 3 is 3.00 bits per heavy atom. The predicted molar refractivity (Wildman–Crippen MR) is 109 cm³/mol. The molecule has 0 aliphatic heterocycles. The molecule has 1 amide bonds. The van der Waals surface area contributed by atoms with E-state index in [1.54, 1.807) is 28.9 Å². The Bertz CT molecular complexity index is 1090. The van der Waals surface area contributed by atoms with E-state index in [1.807, 2.05) is 51.9 Å². The van der Waals surface area contributed by atoms with E-state index in [2.05, 4.69) is 20.7 Å². The molecule has 0 fully saturated rings. The molecule has 3 aromatic heterocycles. The molecule has 4 rings (SSSR count). The van der Waals surface area contributed by atoms with Crippen LogP contribution in [0.5, 0.6) is 0 Å². The number of hydrogen-bond acceptors (Lipinski definition) is 5. The lowest BCUT2D eigenvalue weighted by Crippen LogP contribution is -2.14. The van der Waals surface area contributed by atoms with Gasteiger partial charge in [0, 0.05) is 40.1 Å². The Kier molecular flexibility index (Phi) is 4.79. The average Bonchev–Trinajstić information content (AvgIpc) is 3.35. The molecule has 2 N–H and O–H groups in total. The van der Waals surface area contributed by atoms with Crippen LogP contribution in [0.15, 0.2) is 58.9 Å². The van der Waals surface area contributed by atoms with Gasteiger partial charge in [-0.15, -0.1) is 11.3 Å². The van der Waals surface area contributed by atoms with Crippen LogP contribution in [-0.4, -0.2) is 20.4 Å². The number of amides is 1. The summed E-state index contributed by atoms with van der Waals surface area (Å²) in [7, 11) is 0. The molecule has 130 valence electrons. The van der Waals surface area contributed by atoms with Crippen molar-refractivity contribution in [1.82, 2.24) is 14.5 Å². The second kappa shape index (κ2) is 7.36. The summed E-state index contributed by atoms with van der Waals surface area (Å²) in [5, 5.41) is 9.88. The number of carbonyl (C=O) groups excluding carboxylic acids is 1. The summed E-state index contributed by atoms with van der Waals surface area (Å²) < 4.78 is 2.45. The number of imidazole rings is 1. The molecule has 1 aromatic carbocycles. The zero-order valence-corrected chi connectivity index (χ0v) is 16.0. The van der Waals surface area contributed by atoms with Crippen molar-refractivity contribution in [2.45, 2.75) is 6.42 Å². The van der Waals surface area contributed by atoms with Crippen LogP contribution in [0.2, 0.25) is 0 Å². The van der Waals surface area contributed by atoms with Crippen molar-refractivity contribution in [2.24, 2.45) is 0 Å². The van der Waals surface area contributed by atoms with Gasteiger partial charge < -0.3 is 10.3 Å². The monoisotopic (exact) mass is 398 g/mol. The molecule has 0 bridgehead atoms. The summed E-state index contributed by atoms with van der Waals surface area (Å²) in [5.41, 5.74) is 3.49. The predicted octanol–water partition coefficient (Wildman–Crippen LogP) is 4.90. The Morgan fingerprint density at radius 1 is 1.31 bits per heavy atom. The first-order valence-corrected chi connectivity index (χ1v) is 10.1. The number of benzene rings is 1. The normalized spacial score (nSPS) is 10.8. The molecule has 3 heterocycles. The molecule has 4 aromatic rings. The lowest BCUT2D eigenvalue weighted by molar-refractivity contribution is -0.115. The lowest BCUT2D eigenvalue weighted by Gasteiger charge is -2.07. The molecule has 0 saturated heterocycles. The minimum absolute atomic E-state index is 0.0954. The van der Waals surface area contributed by atoms with Gasteiger partial charge in [-0.1, -0.05) is 6.07 Å². The first-order chi connectivity index (χ1) is 12.7. The number of H-pyrrole nitrogens is 1. The molecule has 5 nitrogen and oxygen atoms in total. The van der Waals surface area contributed by atoms with Gasteiger partial charge in [-0.25, -0.2) is 4.98 Å². The number of carbonyl (C=O) groups is 1. The molecular weight excluding hydrogens is 384 g/mol. The number of hydrogen-bond donors (Lipinski definition) is 2. The first kappa shape index (κ1) is 16.9. The van der Waals surface area contributed by atoms with Crippen molar-refractivity contribution in [1.29, 1.82) is 0 Å². The van der Waals surface area contributed by atoms with Gasteiger partial charge in [0.05, 0.1) is 12.1 Å². The maximum Gasteiger partial charge on any atom is 0.230 e. The number of nitrogens with zero attached hydrogens (tertiary/aromatic N) is 2. The van der Waals surface area contributed by atoms with E-state index >= 15 is 0 Å². The molecule has 0 saturated carbocycles. The largest absolute Gasteiger partial charge is 0.337 e. The van der Waals surface area contributed by atoms with Crippen molar-refractivity contribution < 1.29 is 4.79 Å². The van der Waals surface area contributed by atoms with Gasteiger partial charge in [0.25, 0.3) is 0 Å². The van der Waals surface area contributed by atoms with Crippen LogP contribution >= 0.6 is 34.9 Å². The van der Waals surface area contributed by atoms with Crippen LogP contribution in [0.4, 0.5) is 5.69 Å². The van der Waals surface area contributed by atoms with Gasteiger partial charge in [-0.3, -0.25) is 9.36 Å². The number of aromatic nitrogens is 3. The molecule has 0 radical (unpaired) electrons. The third-order valence-electron chi connectivity index (χ3n) is 3.72.